The number of aromatic nitrogens is 4. The van der Waals surface area contributed by atoms with Crippen molar-refractivity contribution in [3.8, 4) is 11.1 Å². The van der Waals surface area contributed by atoms with Gasteiger partial charge in [-0.15, -0.1) is 0 Å². The molecule has 0 aliphatic heterocycles. The minimum Gasteiger partial charge on any atom is -0.458 e. The quantitative estimate of drug-likeness (QED) is 0.0844. The number of hydrogen-bond donors (Lipinski definition) is 1. The minimum atomic E-state index is -2.14. The van der Waals surface area contributed by atoms with Gasteiger partial charge in [0.05, 0.1) is 17.9 Å². The molecule has 1 N–H and O–H groups in total. The number of nitrogens with one attached hydrogen (secondary N) is 1. The van der Waals surface area contributed by atoms with Gasteiger partial charge in [0, 0.05) is 18.9 Å². The lowest BCUT2D eigenvalue weighted by atomic mass is 10.0. The van der Waals surface area contributed by atoms with E-state index in [4.69, 9.17) is 25.5 Å². The van der Waals surface area contributed by atoms with Gasteiger partial charge in [-0.1, -0.05) is 81.4 Å². The lowest BCUT2D eigenvalue weighted by molar-refractivity contribution is 0.0163. The van der Waals surface area contributed by atoms with E-state index in [9.17, 15) is 9.59 Å². The molecule has 1 aliphatic carbocycles. The van der Waals surface area contributed by atoms with E-state index >= 15 is 0 Å². The Kier molecular flexibility index (Phi) is 9.88. The Balaban J connectivity index is 1.43. The zero-order chi connectivity index (χ0) is 35.0. The standard InChI is InChI=1S/C36H44ClN5O5Si/c1-22-26(20-45-48(8,9)36(5,6)7)28(46-32(43)25-17-15-24(16-18-25)23-13-11-10-12-14-23)19-27(22)42-21-38-29-30(37)39-33(40-31(29)42)41-34(44)47-35(2,3)4/h10-18,21,26-28H,1,19-20H2,2-9H3,(H,39,40,41,44)/t26-,27-,28-/m0/s1. The molecule has 2 heterocycles. The number of rotatable bonds is 8. The van der Waals surface area contributed by atoms with E-state index in [1.165, 1.54) is 0 Å². The number of ether oxygens (including phenoxy) is 2. The first-order chi connectivity index (χ1) is 22.4. The number of anilines is 1. The number of nitrogens with zero attached hydrogens (tertiary/aromatic N) is 4. The monoisotopic (exact) mass is 689 g/mol. The van der Waals surface area contributed by atoms with E-state index in [0.717, 1.165) is 16.7 Å². The van der Waals surface area contributed by atoms with Gasteiger partial charge in [-0.25, -0.2) is 14.6 Å². The number of halogens is 1. The first-order valence-electron chi connectivity index (χ1n) is 16.0. The highest BCUT2D eigenvalue weighted by Gasteiger charge is 2.45. The Labute approximate surface area is 288 Å². The van der Waals surface area contributed by atoms with Crippen molar-refractivity contribution in [3.63, 3.8) is 0 Å². The molecule has 0 spiro atoms. The molecule has 2 aromatic heterocycles. The van der Waals surface area contributed by atoms with Crippen LogP contribution in [0.25, 0.3) is 22.3 Å². The second-order valence-electron chi connectivity index (χ2n) is 14.7. The summed E-state index contributed by atoms with van der Waals surface area (Å²) in [5.41, 5.74) is 3.41. The molecule has 0 bridgehead atoms. The highest BCUT2D eigenvalue weighted by molar-refractivity contribution is 6.74. The zero-order valence-corrected chi connectivity index (χ0v) is 30.6. The van der Waals surface area contributed by atoms with Gasteiger partial charge in [-0.05, 0) is 67.7 Å². The summed E-state index contributed by atoms with van der Waals surface area (Å²) in [6, 6.07) is 17.1. The van der Waals surface area contributed by atoms with Gasteiger partial charge >= 0.3 is 12.1 Å². The third kappa shape index (κ3) is 7.80. The fourth-order valence-electron chi connectivity index (χ4n) is 5.37. The third-order valence-corrected chi connectivity index (χ3v) is 13.8. The number of imidazole rings is 1. The van der Waals surface area contributed by atoms with Crippen molar-refractivity contribution >= 4 is 49.1 Å². The van der Waals surface area contributed by atoms with Crippen LogP contribution in [0.4, 0.5) is 10.7 Å². The average molecular weight is 690 g/mol. The number of benzene rings is 2. The van der Waals surface area contributed by atoms with Crippen molar-refractivity contribution < 1.29 is 23.5 Å². The second kappa shape index (κ2) is 13.4. The van der Waals surface area contributed by atoms with Crippen molar-refractivity contribution in [1.82, 2.24) is 19.5 Å². The van der Waals surface area contributed by atoms with E-state index < -0.39 is 32.1 Å². The lowest BCUT2D eigenvalue weighted by Crippen LogP contribution is -2.43. The summed E-state index contributed by atoms with van der Waals surface area (Å²) >= 11 is 6.50. The fourth-order valence-corrected chi connectivity index (χ4v) is 6.61. The number of hydrogen-bond acceptors (Lipinski definition) is 8. The molecular formula is C36H44ClN5O5Si. The molecule has 1 amide bonds. The molecule has 1 aliphatic rings. The van der Waals surface area contributed by atoms with Crippen LogP contribution in [0.2, 0.25) is 23.3 Å². The highest BCUT2D eigenvalue weighted by Crippen LogP contribution is 2.44. The normalized spacial score (nSPS) is 18.6. The van der Waals surface area contributed by atoms with Crippen LogP contribution in [-0.4, -0.2) is 58.2 Å². The highest BCUT2D eigenvalue weighted by atomic mass is 35.5. The Morgan fingerprint density at radius 3 is 2.27 bits per heavy atom. The smallest absolute Gasteiger partial charge is 0.414 e. The van der Waals surface area contributed by atoms with Gasteiger partial charge in [0.2, 0.25) is 5.95 Å². The number of esters is 1. The Hall–Kier alpha value is -4.06. The van der Waals surface area contributed by atoms with E-state index in [1.54, 1.807) is 39.2 Å². The number of carbonyl (C=O) groups is 2. The summed E-state index contributed by atoms with van der Waals surface area (Å²) in [4.78, 5) is 39.3. The van der Waals surface area contributed by atoms with Crippen LogP contribution in [0.15, 0.2) is 73.1 Å². The lowest BCUT2D eigenvalue weighted by Gasteiger charge is -2.37. The molecule has 254 valence electrons. The maximum atomic E-state index is 13.6. The summed E-state index contributed by atoms with van der Waals surface area (Å²) in [6.45, 7) is 21.1. The molecule has 3 atom stereocenters. The predicted octanol–water partition coefficient (Wildman–Crippen LogP) is 8.86. The van der Waals surface area contributed by atoms with Crippen molar-refractivity contribution in [2.24, 2.45) is 5.92 Å². The van der Waals surface area contributed by atoms with Gasteiger partial charge < -0.3 is 18.5 Å². The van der Waals surface area contributed by atoms with Crippen LogP contribution in [0.5, 0.6) is 0 Å². The van der Waals surface area contributed by atoms with Gasteiger partial charge in [-0.2, -0.15) is 9.97 Å². The van der Waals surface area contributed by atoms with Crippen LogP contribution in [0.3, 0.4) is 0 Å². The molecule has 0 saturated heterocycles. The molecule has 4 aromatic rings. The Bertz CT molecular complexity index is 1810. The molecular weight excluding hydrogens is 646 g/mol. The molecule has 48 heavy (non-hydrogen) atoms. The summed E-state index contributed by atoms with van der Waals surface area (Å²) in [5, 5.41) is 2.63. The molecule has 12 heteroatoms. The van der Waals surface area contributed by atoms with E-state index in [0.29, 0.717) is 29.8 Å². The second-order valence-corrected chi connectivity index (χ2v) is 19.8. The van der Waals surface area contributed by atoms with Crippen molar-refractivity contribution in [1.29, 1.82) is 0 Å². The van der Waals surface area contributed by atoms with Crippen molar-refractivity contribution in [2.45, 2.75) is 83.8 Å². The first kappa shape index (κ1) is 35.2. The largest absolute Gasteiger partial charge is 0.458 e. The number of fused-ring (bicyclic) bond motifs is 1. The van der Waals surface area contributed by atoms with Gasteiger partial charge in [0.1, 0.15) is 17.2 Å². The maximum absolute atomic E-state index is 13.6. The van der Waals surface area contributed by atoms with Crippen LogP contribution in [-0.2, 0) is 13.9 Å². The Morgan fingerprint density at radius 1 is 1.00 bits per heavy atom. The SMILES string of the molecule is C=C1[C@H](CO[Si](C)(C)C(C)(C)C)[C@@H](OC(=O)c2ccc(-c3ccccc3)cc2)C[C@@H]1n1cnc2c(Cl)nc(NC(=O)OC(C)(C)C)nc21. The van der Waals surface area contributed by atoms with E-state index in [1.807, 2.05) is 47.0 Å². The summed E-state index contributed by atoms with van der Waals surface area (Å²) in [6.07, 6.45) is 0.806. The molecule has 0 radical (unpaired) electrons. The molecule has 5 rings (SSSR count). The maximum Gasteiger partial charge on any atom is 0.414 e. The number of amides is 1. The summed E-state index contributed by atoms with van der Waals surface area (Å²) < 4.78 is 20.1. The molecule has 0 unspecified atom stereocenters. The fraction of sp³-hybridized carbons (Fsp3) is 0.417. The molecule has 10 nitrogen and oxygen atoms in total. The molecule has 1 saturated carbocycles. The molecule has 1 fully saturated rings. The predicted molar refractivity (Wildman–Crippen MR) is 191 cm³/mol. The van der Waals surface area contributed by atoms with Crippen molar-refractivity contribution in [3.05, 3.63) is 83.8 Å². The van der Waals surface area contributed by atoms with Crippen LogP contribution < -0.4 is 5.32 Å². The van der Waals surface area contributed by atoms with Gasteiger partial charge in [-0.3, -0.25) is 5.32 Å². The van der Waals surface area contributed by atoms with Gasteiger partial charge in [0.15, 0.2) is 19.1 Å². The number of carbonyl (C=O) groups excluding carboxylic acids is 2. The zero-order valence-electron chi connectivity index (χ0n) is 28.8. The van der Waals surface area contributed by atoms with Gasteiger partial charge in [0.25, 0.3) is 0 Å². The summed E-state index contributed by atoms with van der Waals surface area (Å²) in [7, 11) is -2.14. The molecule has 2 aromatic carbocycles. The van der Waals surface area contributed by atoms with Crippen molar-refractivity contribution in [2.75, 3.05) is 11.9 Å². The minimum absolute atomic E-state index is 0.00916. The van der Waals surface area contributed by atoms with Crippen LogP contribution in [0, 0.1) is 5.92 Å². The Morgan fingerprint density at radius 2 is 1.65 bits per heavy atom. The van der Waals surface area contributed by atoms with Crippen LogP contribution >= 0.6 is 11.6 Å². The summed E-state index contributed by atoms with van der Waals surface area (Å²) in [5.74, 6) is -0.729. The van der Waals surface area contributed by atoms with E-state index in [-0.39, 0.29) is 28.1 Å². The third-order valence-electron chi connectivity index (χ3n) is 9.05. The van der Waals surface area contributed by atoms with E-state index in [2.05, 4.69) is 60.7 Å². The topological polar surface area (TPSA) is 117 Å². The average Bonchev–Trinajstić information content (AvgIpc) is 3.55. The first-order valence-corrected chi connectivity index (χ1v) is 19.3. The van der Waals surface area contributed by atoms with Crippen LogP contribution in [0.1, 0.15) is 64.4 Å².